The molecule has 1 aliphatic heterocycles. The number of nitrogens with two attached hydrogens (primary N) is 2. The Kier molecular flexibility index (Phi) is 5.42. The van der Waals surface area contributed by atoms with Gasteiger partial charge in [0.15, 0.2) is 11.5 Å². The predicted molar refractivity (Wildman–Crippen MR) is 122 cm³/mol. The van der Waals surface area contributed by atoms with E-state index >= 15 is 0 Å². The molecule has 3 aromatic rings. The minimum absolute atomic E-state index is 0.0752. The molecule has 1 aliphatic carbocycles. The van der Waals surface area contributed by atoms with Crippen LogP contribution in [0.2, 0.25) is 0 Å². The Bertz CT molecular complexity index is 1160. The summed E-state index contributed by atoms with van der Waals surface area (Å²) < 4.78 is 5.43. The molecule has 1 aromatic carbocycles. The van der Waals surface area contributed by atoms with Gasteiger partial charge in [-0.25, -0.2) is 9.97 Å². The first kappa shape index (κ1) is 20.3. The second-order valence-corrected chi connectivity index (χ2v) is 8.09. The van der Waals surface area contributed by atoms with Crippen LogP contribution in [-0.2, 0) is 17.6 Å². The van der Waals surface area contributed by atoms with E-state index in [0.29, 0.717) is 24.6 Å². The summed E-state index contributed by atoms with van der Waals surface area (Å²) in [7, 11) is 0. The predicted octanol–water partition coefficient (Wildman–Crippen LogP) is 1.64. The van der Waals surface area contributed by atoms with E-state index in [1.165, 1.54) is 11.1 Å². The maximum atomic E-state index is 13.1. The Morgan fingerprint density at radius 3 is 2.78 bits per heavy atom. The van der Waals surface area contributed by atoms with Crippen molar-refractivity contribution in [2.75, 3.05) is 42.3 Å². The average molecular weight is 432 g/mol. The van der Waals surface area contributed by atoms with Crippen molar-refractivity contribution in [3.8, 4) is 11.3 Å². The number of hydrogen-bond acceptors (Lipinski definition) is 8. The normalized spacial score (nSPS) is 17.8. The van der Waals surface area contributed by atoms with Crippen molar-refractivity contribution < 1.29 is 9.53 Å². The number of nitrogens with one attached hydrogen (secondary N) is 1. The standard InChI is InChI=1S/C23H25N7O2/c24-17-10-14-1-2-15(9-16(14)11-17)18-13-27-22(25)21(28-18)23(31)29-19-12-26-4-3-20(19)30-5-7-32-8-6-30/h1-4,9,12-13,17H,5-8,10-11,24H2,(H2,25,27)(H,29,31). The first-order valence-corrected chi connectivity index (χ1v) is 10.7. The van der Waals surface area contributed by atoms with Crippen molar-refractivity contribution in [1.29, 1.82) is 0 Å². The highest BCUT2D eigenvalue weighted by molar-refractivity contribution is 6.07. The first-order chi connectivity index (χ1) is 15.6. The molecular formula is C23H25N7O2. The molecule has 1 amide bonds. The zero-order valence-electron chi connectivity index (χ0n) is 17.6. The van der Waals surface area contributed by atoms with Gasteiger partial charge in [0, 0.05) is 30.9 Å². The van der Waals surface area contributed by atoms with Gasteiger partial charge in [-0.2, -0.15) is 0 Å². The van der Waals surface area contributed by atoms with Crippen molar-refractivity contribution >= 4 is 23.1 Å². The van der Waals surface area contributed by atoms with Crippen LogP contribution in [0.15, 0.2) is 42.9 Å². The number of anilines is 3. The molecule has 5 rings (SSSR count). The van der Waals surface area contributed by atoms with E-state index in [-0.39, 0.29) is 17.6 Å². The quantitative estimate of drug-likeness (QED) is 0.568. The largest absolute Gasteiger partial charge is 0.382 e. The van der Waals surface area contributed by atoms with Gasteiger partial charge in [-0.15, -0.1) is 0 Å². The number of amides is 1. The molecule has 0 radical (unpaired) electrons. The van der Waals surface area contributed by atoms with Crippen LogP contribution in [0.3, 0.4) is 0 Å². The zero-order valence-corrected chi connectivity index (χ0v) is 17.6. The van der Waals surface area contributed by atoms with Gasteiger partial charge >= 0.3 is 0 Å². The summed E-state index contributed by atoms with van der Waals surface area (Å²) in [6, 6.07) is 8.15. The fourth-order valence-electron chi connectivity index (χ4n) is 4.26. The van der Waals surface area contributed by atoms with Crippen LogP contribution in [0.4, 0.5) is 17.2 Å². The minimum Gasteiger partial charge on any atom is -0.382 e. The molecule has 2 aliphatic rings. The topological polar surface area (TPSA) is 132 Å². The number of hydrogen-bond donors (Lipinski definition) is 3. The van der Waals surface area contributed by atoms with Crippen LogP contribution in [0.5, 0.6) is 0 Å². The lowest BCUT2D eigenvalue weighted by molar-refractivity contribution is 0.102. The molecular weight excluding hydrogens is 406 g/mol. The fourth-order valence-corrected chi connectivity index (χ4v) is 4.26. The number of nitrogens with zero attached hydrogens (tertiary/aromatic N) is 4. The molecule has 3 heterocycles. The van der Waals surface area contributed by atoms with Crippen molar-refractivity contribution in [2.45, 2.75) is 18.9 Å². The lowest BCUT2D eigenvalue weighted by Crippen LogP contribution is -2.36. The molecule has 0 spiro atoms. The Labute approximate surface area is 185 Å². The lowest BCUT2D eigenvalue weighted by atomic mass is 10.0. The maximum absolute atomic E-state index is 13.1. The van der Waals surface area contributed by atoms with Gasteiger partial charge in [-0.05, 0) is 36.1 Å². The van der Waals surface area contributed by atoms with E-state index in [2.05, 4.69) is 37.3 Å². The van der Waals surface area contributed by atoms with E-state index in [1.54, 1.807) is 18.6 Å². The van der Waals surface area contributed by atoms with Crippen molar-refractivity contribution in [3.63, 3.8) is 0 Å². The van der Waals surface area contributed by atoms with Gasteiger partial charge < -0.3 is 26.4 Å². The highest BCUT2D eigenvalue weighted by Crippen LogP contribution is 2.29. The Morgan fingerprint density at radius 1 is 1.12 bits per heavy atom. The molecule has 9 nitrogen and oxygen atoms in total. The van der Waals surface area contributed by atoms with Gasteiger partial charge in [-0.3, -0.25) is 9.78 Å². The monoisotopic (exact) mass is 431 g/mol. The number of rotatable bonds is 4. The molecule has 1 saturated heterocycles. The van der Waals surface area contributed by atoms with Crippen LogP contribution in [-0.4, -0.2) is 53.2 Å². The fraction of sp³-hybridized carbons (Fsp3) is 0.304. The molecule has 164 valence electrons. The van der Waals surface area contributed by atoms with E-state index in [1.807, 2.05) is 12.1 Å². The number of pyridine rings is 1. The first-order valence-electron chi connectivity index (χ1n) is 10.7. The summed E-state index contributed by atoms with van der Waals surface area (Å²) in [6.45, 7) is 2.77. The maximum Gasteiger partial charge on any atom is 0.278 e. The number of benzene rings is 1. The third-order valence-corrected chi connectivity index (χ3v) is 5.88. The number of carbonyl (C=O) groups excluding carboxylic acids is 1. The number of fused-ring (bicyclic) bond motifs is 1. The molecule has 0 saturated carbocycles. The summed E-state index contributed by atoms with van der Waals surface area (Å²) in [6.07, 6.45) is 6.64. The Balaban J connectivity index is 1.41. The van der Waals surface area contributed by atoms with Crippen LogP contribution in [0.25, 0.3) is 11.3 Å². The molecule has 1 fully saturated rings. The lowest BCUT2D eigenvalue weighted by Gasteiger charge is -2.30. The van der Waals surface area contributed by atoms with Crippen molar-refractivity contribution in [1.82, 2.24) is 15.0 Å². The highest BCUT2D eigenvalue weighted by atomic mass is 16.5. The summed E-state index contributed by atoms with van der Waals surface area (Å²) in [5.74, 6) is -0.353. The van der Waals surface area contributed by atoms with Crippen molar-refractivity contribution in [2.24, 2.45) is 5.73 Å². The second-order valence-electron chi connectivity index (χ2n) is 8.09. The summed E-state index contributed by atoms with van der Waals surface area (Å²) >= 11 is 0. The third-order valence-electron chi connectivity index (χ3n) is 5.88. The third kappa shape index (κ3) is 4.00. The molecule has 1 unspecified atom stereocenters. The minimum atomic E-state index is -0.428. The van der Waals surface area contributed by atoms with Gasteiger partial charge in [0.2, 0.25) is 0 Å². The van der Waals surface area contributed by atoms with Gasteiger partial charge in [0.1, 0.15) is 0 Å². The Hall–Kier alpha value is -3.56. The summed E-state index contributed by atoms with van der Waals surface area (Å²) in [4.78, 5) is 28.2. The molecule has 2 aromatic heterocycles. The number of ether oxygens (including phenoxy) is 1. The van der Waals surface area contributed by atoms with Crippen LogP contribution < -0.4 is 21.7 Å². The van der Waals surface area contributed by atoms with E-state index in [0.717, 1.165) is 37.2 Å². The van der Waals surface area contributed by atoms with Crippen molar-refractivity contribution in [3.05, 3.63) is 59.7 Å². The molecule has 5 N–H and O–H groups in total. The summed E-state index contributed by atoms with van der Waals surface area (Å²) in [5, 5.41) is 2.91. The van der Waals surface area contributed by atoms with E-state index in [9.17, 15) is 4.79 Å². The highest BCUT2D eigenvalue weighted by Gasteiger charge is 2.21. The van der Waals surface area contributed by atoms with E-state index in [4.69, 9.17) is 16.2 Å². The van der Waals surface area contributed by atoms with Gasteiger partial charge in [0.25, 0.3) is 5.91 Å². The number of nitrogen functional groups attached to an aromatic ring is 1. The smallest absolute Gasteiger partial charge is 0.278 e. The number of carbonyl (C=O) groups is 1. The molecule has 0 bridgehead atoms. The summed E-state index contributed by atoms with van der Waals surface area (Å²) in [5.41, 5.74) is 17.6. The van der Waals surface area contributed by atoms with E-state index < -0.39 is 5.91 Å². The average Bonchev–Trinajstić information content (AvgIpc) is 3.19. The SMILES string of the molecule is Nc1ncc(-c2ccc3c(c2)CC(N)C3)nc1C(=O)Nc1cnccc1N1CCOCC1. The van der Waals surface area contributed by atoms with Crippen LogP contribution in [0.1, 0.15) is 21.6 Å². The second kappa shape index (κ2) is 8.52. The van der Waals surface area contributed by atoms with Gasteiger partial charge in [-0.1, -0.05) is 12.1 Å². The van der Waals surface area contributed by atoms with Crippen LogP contribution in [0, 0.1) is 0 Å². The van der Waals surface area contributed by atoms with Gasteiger partial charge in [0.05, 0.1) is 42.7 Å². The Morgan fingerprint density at radius 2 is 1.94 bits per heavy atom. The molecule has 32 heavy (non-hydrogen) atoms. The number of morpholine rings is 1. The number of aromatic nitrogens is 3. The molecule has 1 atom stereocenters. The van der Waals surface area contributed by atoms with Crippen LogP contribution >= 0.6 is 0 Å². The zero-order chi connectivity index (χ0) is 22.1. The molecule has 9 heteroatoms.